The summed E-state index contributed by atoms with van der Waals surface area (Å²) in [5.41, 5.74) is 16.3. The van der Waals surface area contributed by atoms with Crippen LogP contribution < -0.4 is 35.2 Å². The number of rotatable bonds is 10. The van der Waals surface area contributed by atoms with Gasteiger partial charge in [0.2, 0.25) is 5.75 Å². The Kier molecular flexibility index (Phi) is 7.44. The molecule has 1 atom stereocenters. The van der Waals surface area contributed by atoms with Crippen LogP contribution in [0.3, 0.4) is 0 Å². The number of aromatic nitrogens is 4. The highest BCUT2D eigenvalue weighted by Gasteiger charge is 2.24. The number of oxime groups is 1. The van der Waals surface area contributed by atoms with E-state index < -0.39 is 0 Å². The van der Waals surface area contributed by atoms with Gasteiger partial charge in [0, 0.05) is 29.7 Å². The fraction of sp³-hybridized carbons (Fsp3) is 0.259. The number of nitrogen functional groups attached to an aromatic ring is 2. The van der Waals surface area contributed by atoms with Crippen LogP contribution in [0.25, 0.3) is 17.1 Å². The molecule has 1 aliphatic heterocycles. The van der Waals surface area contributed by atoms with E-state index in [9.17, 15) is 0 Å². The van der Waals surface area contributed by atoms with E-state index in [4.69, 9.17) is 40.0 Å². The van der Waals surface area contributed by atoms with E-state index in [-0.39, 0.29) is 12.7 Å². The third-order valence-electron chi connectivity index (χ3n) is 6.35. The summed E-state index contributed by atoms with van der Waals surface area (Å²) in [7, 11) is 6.20. The summed E-state index contributed by atoms with van der Waals surface area (Å²) >= 11 is 0. The maximum atomic E-state index is 6.34. The molecule has 0 spiro atoms. The summed E-state index contributed by atoms with van der Waals surface area (Å²) in [6.45, 7) is 0.255. The highest BCUT2D eigenvalue weighted by molar-refractivity contribution is 6.02. The molecule has 13 heteroatoms. The van der Waals surface area contributed by atoms with Gasteiger partial charge in [-0.1, -0.05) is 5.16 Å². The normalized spacial score (nSPS) is 14.3. The summed E-state index contributed by atoms with van der Waals surface area (Å²) in [6.07, 6.45) is 0.289. The average Bonchev–Trinajstić information content (AvgIpc) is 3.66. The molecule has 5 rings (SSSR count). The number of ether oxygens (including phenoxy) is 5. The van der Waals surface area contributed by atoms with Crippen molar-refractivity contribution in [1.29, 1.82) is 0 Å². The predicted molar refractivity (Wildman–Crippen MR) is 148 cm³/mol. The zero-order chi connectivity index (χ0) is 28.2. The largest absolute Gasteiger partial charge is 0.495 e. The highest BCUT2D eigenvalue weighted by Crippen LogP contribution is 2.40. The first-order valence-corrected chi connectivity index (χ1v) is 12.2. The lowest BCUT2D eigenvalue weighted by Crippen LogP contribution is -2.18. The van der Waals surface area contributed by atoms with Crippen LogP contribution in [-0.2, 0) is 4.84 Å². The maximum absolute atomic E-state index is 6.34. The molecule has 1 aliphatic rings. The van der Waals surface area contributed by atoms with Crippen LogP contribution in [0.15, 0.2) is 53.7 Å². The van der Waals surface area contributed by atoms with Crippen molar-refractivity contribution in [2.24, 2.45) is 5.16 Å². The number of nitrogens with zero attached hydrogens (tertiary/aromatic N) is 5. The predicted octanol–water partition coefficient (Wildman–Crippen LogP) is 3.10. The van der Waals surface area contributed by atoms with Gasteiger partial charge in [-0.2, -0.15) is 4.68 Å². The number of nitrogens with two attached hydrogens (primary N) is 2. The van der Waals surface area contributed by atoms with Crippen LogP contribution in [0.4, 0.5) is 11.4 Å². The fourth-order valence-electron chi connectivity index (χ4n) is 4.33. The van der Waals surface area contributed by atoms with Crippen LogP contribution in [0.2, 0.25) is 0 Å². The summed E-state index contributed by atoms with van der Waals surface area (Å²) in [5, 5.41) is 16.4. The van der Waals surface area contributed by atoms with Crippen molar-refractivity contribution in [3.05, 3.63) is 54.1 Å². The van der Waals surface area contributed by atoms with Gasteiger partial charge in [-0.25, -0.2) is 0 Å². The van der Waals surface area contributed by atoms with Gasteiger partial charge in [-0.15, -0.1) is 5.10 Å². The number of anilines is 2. The second-order valence-corrected chi connectivity index (χ2v) is 8.79. The van der Waals surface area contributed by atoms with Gasteiger partial charge in [-0.05, 0) is 46.8 Å². The van der Waals surface area contributed by atoms with Gasteiger partial charge in [0.25, 0.3) is 0 Å². The van der Waals surface area contributed by atoms with Crippen molar-refractivity contribution in [2.75, 3.05) is 46.5 Å². The van der Waals surface area contributed by atoms with Crippen LogP contribution in [-0.4, -0.2) is 67.1 Å². The molecule has 0 aliphatic carbocycles. The van der Waals surface area contributed by atoms with Crippen molar-refractivity contribution >= 4 is 17.1 Å². The smallest absolute Gasteiger partial charge is 0.203 e. The summed E-state index contributed by atoms with van der Waals surface area (Å²) < 4.78 is 29.1. The van der Waals surface area contributed by atoms with Crippen molar-refractivity contribution in [2.45, 2.75) is 12.5 Å². The molecule has 0 fully saturated rings. The average molecular weight is 548 g/mol. The molecule has 0 saturated heterocycles. The lowest BCUT2D eigenvalue weighted by molar-refractivity contribution is 0.0473. The molecule has 1 aromatic heterocycles. The molecule has 1 unspecified atom stereocenters. The Balaban J connectivity index is 1.28. The fourth-order valence-corrected chi connectivity index (χ4v) is 4.33. The van der Waals surface area contributed by atoms with E-state index in [0.29, 0.717) is 63.6 Å². The zero-order valence-electron chi connectivity index (χ0n) is 22.5. The molecule has 13 nitrogen and oxygen atoms in total. The monoisotopic (exact) mass is 547 g/mol. The minimum atomic E-state index is -0.273. The number of hydrogen-bond acceptors (Lipinski definition) is 12. The Morgan fingerprint density at radius 3 is 2.12 bits per heavy atom. The van der Waals surface area contributed by atoms with Crippen LogP contribution in [0.1, 0.15) is 12.0 Å². The summed E-state index contributed by atoms with van der Waals surface area (Å²) in [5.74, 6) is 2.98. The SMILES string of the molecule is COc1ccc(C2=NOC(COc3ccc(-c4nnnn4-c4cc(OC)c(OC)c(OC)c4)cc3N)C2)cc1N. The van der Waals surface area contributed by atoms with Gasteiger partial charge in [0.15, 0.2) is 23.4 Å². The van der Waals surface area contributed by atoms with E-state index in [0.717, 1.165) is 11.3 Å². The second kappa shape index (κ2) is 11.3. The van der Waals surface area contributed by atoms with Crippen LogP contribution in [0, 0.1) is 0 Å². The summed E-state index contributed by atoms with van der Waals surface area (Å²) in [4.78, 5) is 5.57. The zero-order valence-corrected chi connectivity index (χ0v) is 22.5. The first-order valence-electron chi connectivity index (χ1n) is 12.2. The van der Waals surface area contributed by atoms with E-state index in [2.05, 4.69) is 20.7 Å². The molecule has 0 saturated carbocycles. The van der Waals surface area contributed by atoms with Gasteiger partial charge >= 0.3 is 0 Å². The third-order valence-corrected chi connectivity index (χ3v) is 6.35. The molecule has 0 radical (unpaired) electrons. The van der Waals surface area contributed by atoms with Gasteiger partial charge in [0.1, 0.15) is 18.1 Å². The molecular weight excluding hydrogens is 518 g/mol. The topological polar surface area (TPSA) is 163 Å². The molecule has 0 amide bonds. The Labute approximate surface area is 230 Å². The van der Waals surface area contributed by atoms with Gasteiger partial charge < -0.3 is 40.0 Å². The Bertz CT molecular complexity index is 1530. The molecule has 40 heavy (non-hydrogen) atoms. The lowest BCUT2D eigenvalue weighted by atomic mass is 10.0. The van der Waals surface area contributed by atoms with E-state index in [1.165, 1.54) is 7.11 Å². The third kappa shape index (κ3) is 5.08. The molecule has 208 valence electrons. The van der Waals surface area contributed by atoms with E-state index >= 15 is 0 Å². The Morgan fingerprint density at radius 2 is 1.48 bits per heavy atom. The van der Waals surface area contributed by atoms with Crippen molar-refractivity contribution in [3.8, 4) is 45.8 Å². The van der Waals surface area contributed by atoms with Crippen molar-refractivity contribution in [3.63, 3.8) is 0 Å². The Morgan fingerprint density at radius 1 is 0.825 bits per heavy atom. The number of hydrogen-bond donors (Lipinski definition) is 2. The van der Waals surface area contributed by atoms with E-state index in [1.807, 2.05) is 18.2 Å². The minimum absolute atomic E-state index is 0.255. The van der Waals surface area contributed by atoms with E-state index in [1.54, 1.807) is 56.3 Å². The molecule has 4 N–H and O–H groups in total. The molecule has 3 aromatic carbocycles. The quantitative estimate of drug-likeness (QED) is 0.280. The maximum Gasteiger partial charge on any atom is 0.203 e. The second-order valence-electron chi connectivity index (χ2n) is 8.79. The van der Waals surface area contributed by atoms with Crippen molar-refractivity contribution < 1.29 is 28.5 Å². The molecule has 0 bridgehead atoms. The molecule has 2 heterocycles. The molecule has 4 aromatic rings. The highest BCUT2D eigenvalue weighted by atomic mass is 16.7. The Hall–Kier alpha value is -5.20. The number of tetrazole rings is 1. The lowest BCUT2D eigenvalue weighted by Gasteiger charge is -2.15. The van der Waals surface area contributed by atoms with Gasteiger partial charge in [-0.3, -0.25) is 0 Å². The first-order chi connectivity index (χ1) is 19.4. The minimum Gasteiger partial charge on any atom is -0.495 e. The standard InChI is InChI=1S/C27H29N7O6/c1-35-22-7-5-15(9-19(22)28)21-13-18(40-31-21)14-39-23-8-6-16(10-20(23)29)27-30-32-33-34(27)17-11-24(36-2)26(38-4)25(12-17)37-3/h5-12,18H,13-14,28-29H2,1-4H3. The van der Waals surface area contributed by atoms with Crippen LogP contribution in [0.5, 0.6) is 28.7 Å². The van der Waals surface area contributed by atoms with Crippen LogP contribution >= 0.6 is 0 Å². The summed E-state index contributed by atoms with van der Waals surface area (Å²) in [6, 6.07) is 14.3. The van der Waals surface area contributed by atoms with Gasteiger partial charge in [0.05, 0.1) is 51.2 Å². The number of benzene rings is 3. The first kappa shape index (κ1) is 26.4. The molecular formula is C27H29N7O6. The van der Waals surface area contributed by atoms with Crippen molar-refractivity contribution in [1.82, 2.24) is 20.2 Å². The number of methoxy groups -OCH3 is 4.